The largest absolute Gasteiger partial charge is 0.497 e. The highest BCUT2D eigenvalue weighted by molar-refractivity contribution is 7.15. The molecular formula is C19H16N4O2S. The maximum absolute atomic E-state index is 12.3. The number of fused-ring (bicyclic) bond motifs is 1. The summed E-state index contributed by atoms with van der Waals surface area (Å²) in [6.07, 6.45) is 0. The molecule has 0 unspecified atom stereocenters. The minimum Gasteiger partial charge on any atom is -0.497 e. The van der Waals surface area contributed by atoms with Crippen LogP contribution in [0.2, 0.25) is 0 Å². The first-order valence-corrected chi connectivity index (χ1v) is 8.89. The second-order valence-corrected chi connectivity index (χ2v) is 6.64. The molecule has 7 heteroatoms. The van der Waals surface area contributed by atoms with E-state index in [1.54, 1.807) is 23.8 Å². The van der Waals surface area contributed by atoms with E-state index in [4.69, 9.17) is 4.74 Å². The van der Waals surface area contributed by atoms with Gasteiger partial charge < -0.3 is 4.74 Å². The Balaban J connectivity index is 1.61. The molecule has 0 bridgehead atoms. The van der Waals surface area contributed by atoms with Gasteiger partial charge in [-0.1, -0.05) is 17.7 Å². The Morgan fingerprint density at radius 3 is 2.54 bits per heavy atom. The lowest BCUT2D eigenvalue weighted by Gasteiger charge is -2.02. The minimum atomic E-state index is -0.228. The number of nitrogens with zero attached hydrogens (tertiary/aromatic N) is 3. The lowest BCUT2D eigenvalue weighted by atomic mass is 10.1. The Kier molecular flexibility index (Phi) is 4.14. The normalized spacial score (nSPS) is 10.8. The summed E-state index contributed by atoms with van der Waals surface area (Å²) in [5, 5.41) is 9.17. The fourth-order valence-corrected chi connectivity index (χ4v) is 3.40. The number of nitrogens with one attached hydrogen (secondary N) is 1. The third-order valence-corrected chi connectivity index (χ3v) is 4.82. The molecule has 0 aliphatic rings. The number of carbonyl (C=O) groups excluding carboxylic acids is 1. The molecule has 1 N–H and O–H groups in total. The highest BCUT2D eigenvalue weighted by Crippen LogP contribution is 2.27. The first-order chi connectivity index (χ1) is 12.6. The number of benzene rings is 2. The average Bonchev–Trinajstić information content (AvgIpc) is 3.22. The molecule has 0 aliphatic carbocycles. The zero-order valence-electron chi connectivity index (χ0n) is 14.3. The van der Waals surface area contributed by atoms with Crippen molar-refractivity contribution in [1.29, 1.82) is 0 Å². The standard InChI is InChI=1S/C19H16N4O2S/c1-12-3-5-14(6-4-12)17(24)20-18-21-19-23(22-18)16(11-26-19)13-7-9-15(25-2)10-8-13/h3-11H,1-2H3,(H,20,22,24). The highest BCUT2D eigenvalue weighted by Gasteiger charge is 2.14. The summed E-state index contributed by atoms with van der Waals surface area (Å²) in [5.41, 5.74) is 3.59. The number of aryl methyl sites for hydroxylation is 1. The molecule has 130 valence electrons. The molecule has 4 rings (SSSR count). The zero-order chi connectivity index (χ0) is 18.1. The molecule has 0 saturated heterocycles. The number of ether oxygens (including phenoxy) is 1. The van der Waals surface area contributed by atoms with E-state index in [0.717, 1.165) is 27.5 Å². The molecule has 26 heavy (non-hydrogen) atoms. The number of hydrogen-bond donors (Lipinski definition) is 1. The Bertz CT molecular complexity index is 1070. The number of thiazole rings is 1. The first-order valence-electron chi connectivity index (χ1n) is 8.01. The molecule has 2 aromatic carbocycles. The topological polar surface area (TPSA) is 68.5 Å². The number of anilines is 1. The molecule has 0 atom stereocenters. The Morgan fingerprint density at radius 1 is 1.12 bits per heavy atom. The van der Waals surface area contributed by atoms with E-state index in [0.29, 0.717) is 5.56 Å². The molecule has 0 radical (unpaired) electrons. The van der Waals surface area contributed by atoms with E-state index in [9.17, 15) is 4.79 Å². The number of methoxy groups -OCH3 is 1. The van der Waals surface area contributed by atoms with Crippen LogP contribution >= 0.6 is 11.3 Å². The molecule has 1 amide bonds. The molecule has 4 aromatic rings. The molecule has 6 nitrogen and oxygen atoms in total. The monoisotopic (exact) mass is 364 g/mol. The van der Waals surface area contributed by atoms with Gasteiger partial charge in [0, 0.05) is 16.5 Å². The van der Waals surface area contributed by atoms with Crippen LogP contribution in [0.1, 0.15) is 15.9 Å². The highest BCUT2D eigenvalue weighted by atomic mass is 32.1. The third kappa shape index (κ3) is 3.04. The van der Waals surface area contributed by atoms with Gasteiger partial charge in [-0.2, -0.15) is 4.98 Å². The van der Waals surface area contributed by atoms with Crippen LogP contribution in [0, 0.1) is 6.92 Å². The Morgan fingerprint density at radius 2 is 1.85 bits per heavy atom. The van der Waals surface area contributed by atoms with Crippen LogP contribution in [0.25, 0.3) is 16.2 Å². The summed E-state index contributed by atoms with van der Waals surface area (Å²) < 4.78 is 6.92. The van der Waals surface area contributed by atoms with Crippen molar-refractivity contribution in [2.45, 2.75) is 6.92 Å². The van der Waals surface area contributed by atoms with E-state index in [1.165, 1.54) is 11.3 Å². The second kappa shape index (κ2) is 6.61. The fourth-order valence-electron chi connectivity index (χ4n) is 2.57. The summed E-state index contributed by atoms with van der Waals surface area (Å²) in [6.45, 7) is 1.98. The lowest BCUT2D eigenvalue weighted by Crippen LogP contribution is -2.13. The van der Waals surface area contributed by atoms with Crippen LogP contribution in [-0.2, 0) is 0 Å². The smallest absolute Gasteiger partial charge is 0.258 e. The second-order valence-electron chi connectivity index (χ2n) is 5.80. The van der Waals surface area contributed by atoms with Crippen molar-refractivity contribution in [3.63, 3.8) is 0 Å². The zero-order valence-corrected chi connectivity index (χ0v) is 15.1. The van der Waals surface area contributed by atoms with Crippen LogP contribution < -0.4 is 10.1 Å². The van der Waals surface area contributed by atoms with Crippen LogP contribution in [-0.4, -0.2) is 27.6 Å². The Labute approximate surface area is 154 Å². The van der Waals surface area contributed by atoms with Crippen LogP contribution in [0.4, 0.5) is 5.95 Å². The molecule has 2 aromatic heterocycles. The van der Waals surface area contributed by atoms with Gasteiger partial charge in [0.15, 0.2) is 0 Å². The van der Waals surface area contributed by atoms with Gasteiger partial charge in [0.2, 0.25) is 4.96 Å². The van der Waals surface area contributed by atoms with E-state index in [-0.39, 0.29) is 11.9 Å². The maximum atomic E-state index is 12.3. The fraction of sp³-hybridized carbons (Fsp3) is 0.105. The number of rotatable bonds is 4. The van der Waals surface area contributed by atoms with Gasteiger partial charge in [0.1, 0.15) is 5.75 Å². The van der Waals surface area contributed by atoms with Crippen molar-refractivity contribution < 1.29 is 9.53 Å². The number of hydrogen-bond acceptors (Lipinski definition) is 5. The average molecular weight is 364 g/mol. The predicted molar refractivity (Wildman–Crippen MR) is 102 cm³/mol. The molecule has 0 spiro atoms. The van der Waals surface area contributed by atoms with Gasteiger partial charge in [-0.15, -0.1) is 16.4 Å². The molecule has 0 saturated carbocycles. The number of carbonyl (C=O) groups is 1. The van der Waals surface area contributed by atoms with Crippen molar-refractivity contribution in [2.24, 2.45) is 0 Å². The van der Waals surface area contributed by atoms with Crippen molar-refractivity contribution >= 4 is 28.2 Å². The van der Waals surface area contributed by atoms with Gasteiger partial charge in [-0.3, -0.25) is 10.1 Å². The van der Waals surface area contributed by atoms with Gasteiger partial charge in [0.05, 0.1) is 12.8 Å². The van der Waals surface area contributed by atoms with Gasteiger partial charge in [-0.05, 0) is 43.3 Å². The van der Waals surface area contributed by atoms with Crippen LogP contribution in [0.3, 0.4) is 0 Å². The van der Waals surface area contributed by atoms with Gasteiger partial charge in [0.25, 0.3) is 11.9 Å². The summed E-state index contributed by atoms with van der Waals surface area (Å²) in [7, 11) is 1.64. The van der Waals surface area contributed by atoms with Crippen LogP contribution in [0.15, 0.2) is 53.9 Å². The van der Waals surface area contributed by atoms with Crippen molar-refractivity contribution in [1.82, 2.24) is 14.6 Å². The van der Waals surface area contributed by atoms with Crippen molar-refractivity contribution in [3.8, 4) is 17.0 Å². The molecular weight excluding hydrogens is 348 g/mol. The van der Waals surface area contributed by atoms with E-state index in [1.807, 2.05) is 48.7 Å². The number of amides is 1. The van der Waals surface area contributed by atoms with E-state index < -0.39 is 0 Å². The maximum Gasteiger partial charge on any atom is 0.258 e. The molecule has 2 heterocycles. The number of aromatic nitrogens is 3. The van der Waals surface area contributed by atoms with Gasteiger partial charge >= 0.3 is 0 Å². The van der Waals surface area contributed by atoms with Crippen molar-refractivity contribution in [2.75, 3.05) is 12.4 Å². The first kappa shape index (κ1) is 16.3. The van der Waals surface area contributed by atoms with Crippen molar-refractivity contribution in [3.05, 3.63) is 65.0 Å². The quantitative estimate of drug-likeness (QED) is 0.594. The van der Waals surface area contributed by atoms with Crippen LogP contribution in [0.5, 0.6) is 5.75 Å². The Hall–Kier alpha value is -3.19. The SMILES string of the molecule is COc1ccc(-c2csc3nc(NC(=O)c4ccc(C)cc4)nn23)cc1. The molecule has 0 fully saturated rings. The summed E-state index contributed by atoms with van der Waals surface area (Å²) in [5.74, 6) is 0.858. The summed E-state index contributed by atoms with van der Waals surface area (Å²) in [4.78, 5) is 17.4. The summed E-state index contributed by atoms with van der Waals surface area (Å²) >= 11 is 1.47. The lowest BCUT2D eigenvalue weighted by molar-refractivity contribution is 0.102. The minimum absolute atomic E-state index is 0.228. The molecule has 0 aliphatic heterocycles. The van der Waals surface area contributed by atoms with Gasteiger partial charge in [-0.25, -0.2) is 4.52 Å². The van der Waals surface area contributed by atoms with E-state index in [2.05, 4.69) is 15.4 Å². The summed E-state index contributed by atoms with van der Waals surface area (Å²) in [6, 6.07) is 15.1. The third-order valence-electron chi connectivity index (χ3n) is 4.01. The predicted octanol–water partition coefficient (Wildman–Crippen LogP) is 4.03. The van der Waals surface area contributed by atoms with E-state index >= 15 is 0 Å².